The monoisotopic (exact) mass is 276 g/mol. The number of hydrogen-bond donors (Lipinski definition) is 1. The lowest BCUT2D eigenvalue weighted by Crippen LogP contribution is -1.99. The van der Waals surface area contributed by atoms with Crippen molar-refractivity contribution in [3.8, 4) is 0 Å². The number of nitrogens with zero attached hydrogens (tertiary/aromatic N) is 1. The first kappa shape index (κ1) is 11.1. The number of hydrogen-bond acceptors (Lipinski definition) is 2. The first-order valence-corrected chi connectivity index (χ1v) is 5.94. The second-order valence-electron chi connectivity index (χ2n) is 3.68. The molecule has 0 unspecified atom stereocenters. The molecule has 3 heteroatoms. The number of nitrogens with one attached hydrogen (secondary N) is 1. The van der Waals surface area contributed by atoms with E-state index in [9.17, 15) is 0 Å². The van der Waals surface area contributed by atoms with Crippen LogP contribution in [0.4, 0.5) is 5.69 Å². The van der Waals surface area contributed by atoms with Crippen molar-refractivity contribution >= 4 is 21.6 Å². The Morgan fingerprint density at radius 2 is 2.19 bits per heavy atom. The average Bonchev–Trinajstić information content (AvgIpc) is 2.32. The van der Waals surface area contributed by atoms with Crippen LogP contribution in [-0.4, -0.2) is 4.98 Å². The van der Waals surface area contributed by atoms with E-state index >= 15 is 0 Å². The van der Waals surface area contributed by atoms with Crippen LogP contribution < -0.4 is 5.32 Å². The number of rotatable bonds is 3. The van der Waals surface area contributed by atoms with Crippen LogP contribution in [0.1, 0.15) is 11.1 Å². The highest BCUT2D eigenvalue weighted by Crippen LogP contribution is 2.20. The van der Waals surface area contributed by atoms with Crippen LogP contribution in [0.2, 0.25) is 0 Å². The third-order valence-corrected chi connectivity index (χ3v) is 3.25. The van der Waals surface area contributed by atoms with Gasteiger partial charge in [0.15, 0.2) is 0 Å². The van der Waals surface area contributed by atoms with E-state index in [1.807, 2.05) is 12.3 Å². The minimum absolute atomic E-state index is 0.795. The molecular formula is C13H13BrN2. The topological polar surface area (TPSA) is 24.9 Å². The Morgan fingerprint density at radius 3 is 2.88 bits per heavy atom. The molecule has 0 aliphatic heterocycles. The Bertz CT molecular complexity index is 469. The van der Waals surface area contributed by atoms with Gasteiger partial charge in [0.1, 0.15) is 0 Å². The van der Waals surface area contributed by atoms with Crippen molar-refractivity contribution in [2.45, 2.75) is 13.5 Å². The van der Waals surface area contributed by atoms with Crippen LogP contribution in [-0.2, 0) is 6.54 Å². The first-order valence-electron chi connectivity index (χ1n) is 5.14. The molecule has 2 rings (SSSR count). The second-order valence-corrected chi connectivity index (χ2v) is 4.53. The fraction of sp³-hybridized carbons (Fsp3) is 0.154. The molecule has 0 aliphatic carbocycles. The van der Waals surface area contributed by atoms with Crippen molar-refractivity contribution in [1.29, 1.82) is 0 Å². The van der Waals surface area contributed by atoms with Gasteiger partial charge in [0.25, 0.3) is 0 Å². The smallest absolute Gasteiger partial charge is 0.0416 e. The summed E-state index contributed by atoms with van der Waals surface area (Å²) in [5.74, 6) is 0. The summed E-state index contributed by atoms with van der Waals surface area (Å²) in [7, 11) is 0. The standard InChI is InChI=1S/C13H13BrN2/c1-10-4-5-12(7-13(10)14)16-9-11-3-2-6-15-8-11/h2-8,16H,9H2,1H3. The van der Waals surface area contributed by atoms with Crippen LogP contribution in [0.5, 0.6) is 0 Å². The van der Waals surface area contributed by atoms with Crippen molar-refractivity contribution < 1.29 is 0 Å². The fourth-order valence-electron chi connectivity index (χ4n) is 1.41. The number of aromatic nitrogens is 1. The molecule has 0 bridgehead atoms. The molecule has 16 heavy (non-hydrogen) atoms. The Hall–Kier alpha value is -1.35. The highest BCUT2D eigenvalue weighted by molar-refractivity contribution is 9.10. The number of anilines is 1. The van der Waals surface area contributed by atoms with E-state index in [0.717, 1.165) is 16.7 Å². The maximum absolute atomic E-state index is 4.08. The molecular weight excluding hydrogens is 264 g/mol. The zero-order chi connectivity index (χ0) is 11.4. The lowest BCUT2D eigenvalue weighted by atomic mass is 10.2. The second kappa shape index (κ2) is 5.12. The lowest BCUT2D eigenvalue weighted by molar-refractivity contribution is 1.11. The third-order valence-electron chi connectivity index (χ3n) is 2.39. The maximum Gasteiger partial charge on any atom is 0.0416 e. The normalized spacial score (nSPS) is 10.1. The first-order chi connectivity index (χ1) is 7.75. The van der Waals surface area contributed by atoms with E-state index in [4.69, 9.17) is 0 Å². The molecule has 0 spiro atoms. The average molecular weight is 277 g/mol. The van der Waals surface area contributed by atoms with Gasteiger partial charge in [0.05, 0.1) is 0 Å². The van der Waals surface area contributed by atoms with Crippen LogP contribution >= 0.6 is 15.9 Å². The molecule has 1 heterocycles. The molecule has 82 valence electrons. The molecule has 0 radical (unpaired) electrons. The highest BCUT2D eigenvalue weighted by atomic mass is 79.9. The van der Waals surface area contributed by atoms with Gasteiger partial charge in [0, 0.05) is 29.1 Å². The van der Waals surface area contributed by atoms with Crippen molar-refractivity contribution in [3.05, 3.63) is 58.3 Å². The molecule has 2 nitrogen and oxygen atoms in total. The summed E-state index contributed by atoms with van der Waals surface area (Å²) >= 11 is 3.52. The molecule has 0 saturated carbocycles. The van der Waals surface area contributed by atoms with Gasteiger partial charge >= 0.3 is 0 Å². The number of halogens is 1. The van der Waals surface area contributed by atoms with Gasteiger partial charge in [-0.2, -0.15) is 0 Å². The van der Waals surface area contributed by atoms with E-state index < -0.39 is 0 Å². The van der Waals surface area contributed by atoms with Gasteiger partial charge in [-0.3, -0.25) is 4.98 Å². The van der Waals surface area contributed by atoms with Crippen molar-refractivity contribution in [2.75, 3.05) is 5.32 Å². The van der Waals surface area contributed by atoms with Crippen LogP contribution in [0, 0.1) is 6.92 Å². The molecule has 0 saturated heterocycles. The summed E-state index contributed by atoms with van der Waals surface area (Å²) in [5.41, 5.74) is 3.53. The lowest BCUT2D eigenvalue weighted by Gasteiger charge is -2.07. The molecule has 1 aromatic heterocycles. The van der Waals surface area contributed by atoms with E-state index in [-0.39, 0.29) is 0 Å². The third kappa shape index (κ3) is 2.83. The van der Waals surface area contributed by atoms with E-state index in [1.54, 1.807) is 6.20 Å². The Morgan fingerprint density at radius 1 is 1.31 bits per heavy atom. The predicted molar refractivity (Wildman–Crippen MR) is 70.4 cm³/mol. The summed E-state index contributed by atoms with van der Waals surface area (Å²) in [6.07, 6.45) is 3.65. The zero-order valence-corrected chi connectivity index (χ0v) is 10.7. The molecule has 0 amide bonds. The number of benzene rings is 1. The van der Waals surface area contributed by atoms with E-state index in [1.165, 1.54) is 11.1 Å². The van der Waals surface area contributed by atoms with E-state index in [0.29, 0.717) is 0 Å². The summed E-state index contributed by atoms with van der Waals surface area (Å²) in [6.45, 7) is 2.87. The van der Waals surface area contributed by atoms with Gasteiger partial charge < -0.3 is 5.32 Å². The van der Waals surface area contributed by atoms with Crippen molar-refractivity contribution in [3.63, 3.8) is 0 Å². The van der Waals surface area contributed by atoms with Crippen LogP contribution in [0.3, 0.4) is 0 Å². The minimum Gasteiger partial charge on any atom is -0.381 e. The van der Waals surface area contributed by atoms with Crippen molar-refractivity contribution in [2.24, 2.45) is 0 Å². The highest BCUT2D eigenvalue weighted by Gasteiger charge is 1.97. The maximum atomic E-state index is 4.08. The molecule has 1 aromatic carbocycles. The minimum atomic E-state index is 0.795. The van der Waals surface area contributed by atoms with Gasteiger partial charge in [-0.05, 0) is 36.2 Å². The van der Waals surface area contributed by atoms with Gasteiger partial charge in [-0.15, -0.1) is 0 Å². The zero-order valence-electron chi connectivity index (χ0n) is 9.07. The molecule has 0 atom stereocenters. The summed E-state index contributed by atoms with van der Waals surface area (Å²) in [6, 6.07) is 10.3. The Kier molecular flexibility index (Phi) is 3.57. The molecule has 0 aliphatic rings. The Balaban J connectivity index is 2.03. The van der Waals surface area contributed by atoms with Gasteiger partial charge in [-0.1, -0.05) is 28.1 Å². The molecule has 1 N–H and O–H groups in total. The predicted octanol–water partition coefficient (Wildman–Crippen LogP) is 3.76. The molecule has 0 fully saturated rings. The van der Waals surface area contributed by atoms with Gasteiger partial charge in [0.2, 0.25) is 0 Å². The van der Waals surface area contributed by atoms with Crippen LogP contribution in [0.15, 0.2) is 47.2 Å². The van der Waals surface area contributed by atoms with Crippen molar-refractivity contribution in [1.82, 2.24) is 4.98 Å². The molecule has 2 aromatic rings. The summed E-state index contributed by atoms with van der Waals surface area (Å²) in [5, 5.41) is 3.36. The van der Waals surface area contributed by atoms with E-state index in [2.05, 4.69) is 57.4 Å². The SMILES string of the molecule is Cc1ccc(NCc2cccnc2)cc1Br. The van der Waals surface area contributed by atoms with Crippen LogP contribution in [0.25, 0.3) is 0 Å². The summed E-state index contributed by atoms with van der Waals surface area (Å²) in [4.78, 5) is 4.08. The fourth-order valence-corrected chi connectivity index (χ4v) is 1.79. The Labute approximate surface area is 104 Å². The quantitative estimate of drug-likeness (QED) is 0.923. The largest absolute Gasteiger partial charge is 0.381 e. The van der Waals surface area contributed by atoms with Gasteiger partial charge in [-0.25, -0.2) is 0 Å². The number of aryl methyl sites for hydroxylation is 1. The number of pyridine rings is 1. The summed E-state index contributed by atoms with van der Waals surface area (Å²) < 4.78 is 1.13.